The molecule has 134 valence electrons. The van der Waals surface area contributed by atoms with Crippen LogP contribution >= 0.6 is 23.2 Å². The fraction of sp³-hybridized carbons (Fsp3) is 0.412. The molecule has 0 fully saturated rings. The molecule has 1 aliphatic rings. The molecule has 0 unspecified atom stereocenters. The van der Waals surface area contributed by atoms with Crippen molar-refractivity contribution in [2.24, 2.45) is 7.05 Å². The molecule has 0 spiro atoms. The van der Waals surface area contributed by atoms with Crippen molar-refractivity contribution in [3.63, 3.8) is 0 Å². The second kappa shape index (κ2) is 6.52. The highest BCUT2D eigenvalue weighted by Crippen LogP contribution is 2.43. The van der Waals surface area contributed by atoms with Crippen molar-refractivity contribution in [3.8, 4) is 0 Å². The highest BCUT2D eigenvalue weighted by Gasteiger charge is 2.30. The molecule has 2 heterocycles. The number of rotatable bonds is 2. The minimum absolute atomic E-state index is 0.0786. The van der Waals surface area contributed by atoms with Crippen LogP contribution in [-0.4, -0.2) is 34.1 Å². The number of hydrogen-bond donors (Lipinski definition) is 3. The van der Waals surface area contributed by atoms with E-state index in [0.29, 0.717) is 39.6 Å². The number of carbonyl (C=O) groups is 2. The van der Waals surface area contributed by atoms with Crippen molar-refractivity contribution in [1.29, 1.82) is 0 Å². The first-order valence-corrected chi connectivity index (χ1v) is 8.75. The van der Waals surface area contributed by atoms with E-state index >= 15 is 0 Å². The molecular formula is C17H19Cl2N3O3. The molecule has 0 bridgehead atoms. The number of amides is 2. The van der Waals surface area contributed by atoms with E-state index in [1.807, 2.05) is 18.5 Å². The Kier molecular flexibility index (Phi) is 4.70. The summed E-state index contributed by atoms with van der Waals surface area (Å²) < 4.78 is 1.92. The topological polar surface area (TPSA) is 83.4 Å². The van der Waals surface area contributed by atoms with E-state index in [2.05, 4.69) is 10.6 Å². The van der Waals surface area contributed by atoms with Gasteiger partial charge in [-0.2, -0.15) is 0 Å². The number of aliphatic hydroxyl groups is 1. The van der Waals surface area contributed by atoms with E-state index in [0.717, 1.165) is 11.3 Å². The summed E-state index contributed by atoms with van der Waals surface area (Å²) in [4.78, 5) is 24.3. The molecule has 2 aromatic rings. The SMILES string of the molecule is C[C@@H](O)C(=O)Nc1cc(Cl)c(Cl)c2c1c1c(n2C)CCNC(=O)[C@@H]1C. The summed E-state index contributed by atoms with van der Waals surface area (Å²) in [5, 5.41) is 16.5. The molecular weight excluding hydrogens is 365 g/mol. The second-order valence-electron chi connectivity index (χ2n) is 6.29. The van der Waals surface area contributed by atoms with Gasteiger partial charge in [-0.25, -0.2) is 0 Å². The summed E-state index contributed by atoms with van der Waals surface area (Å²) in [7, 11) is 1.87. The lowest BCUT2D eigenvalue weighted by Gasteiger charge is -2.14. The van der Waals surface area contributed by atoms with E-state index in [-0.39, 0.29) is 5.91 Å². The zero-order valence-electron chi connectivity index (χ0n) is 14.1. The lowest BCUT2D eigenvalue weighted by Crippen LogP contribution is -2.27. The van der Waals surface area contributed by atoms with E-state index in [1.165, 1.54) is 6.92 Å². The average Bonchev–Trinajstić information content (AvgIpc) is 2.75. The van der Waals surface area contributed by atoms with Gasteiger partial charge in [-0.1, -0.05) is 23.2 Å². The average molecular weight is 384 g/mol. The number of fused-ring (bicyclic) bond motifs is 3. The lowest BCUT2D eigenvalue weighted by atomic mass is 9.96. The molecule has 0 radical (unpaired) electrons. The Morgan fingerprint density at radius 3 is 2.80 bits per heavy atom. The van der Waals surface area contributed by atoms with Gasteiger partial charge in [0.25, 0.3) is 5.91 Å². The maximum Gasteiger partial charge on any atom is 0.252 e. The van der Waals surface area contributed by atoms with Gasteiger partial charge >= 0.3 is 0 Å². The highest BCUT2D eigenvalue weighted by atomic mass is 35.5. The van der Waals surface area contributed by atoms with E-state index < -0.39 is 17.9 Å². The van der Waals surface area contributed by atoms with Crippen molar-refractivity contribution in [2.45, 2.75) is 32.3 Å². The second-order valence-corrected chi connectivity index (χ2v) is 7.08. The van der Waals surface area contributed by atoms with Crippen LogP contribution in [0.2, 0.25) is 10.0 Å². The van der Waals surface area contributed by atoms with Crippen LogP contribution in [0.15, 0.2) is 6.07 Å². The van der Waals surface area contributed by atoms with Crippen molar-refractivity contribution in [1.82, 2.24) is 9.88 Å². The number of anilines is 1. The Morgan fingerprint density at radius 1 is 1.48 bits per heavy atom. The normalized spacial score (nSPS) is 18.5. The van der Waals surface area contributed by atoms with Crippen molar-refractivity contribution >= 4 is 51.6 Å². The Morgan fingerprint density at radius 2 is 2.16 bits per heavy atom. The molecule has 2 amide bonds. The van der Waals surface area contributed by atoms with Crippen LogP contribution in [0.5, 0.6) is 0 Å². The maximum atomic E-state index is 12.3. The van der Waals surface area contributed by atoms with Crippen molar-refractivity contribution in [2.75, 3.05) is 11.9 Å². The van der Waals surface area contributed by atoms with E-state index in [9.17, 15) is 14.7 Å². The van der Waals surface area contributed by atoms with Gasteiger partial charge in [0, 0.05) is 31.1 Å². The number of aliphatic hydroxyl groups excluding tert-OH is 1. The van der Waals surface area contributed by atoms with Gasteiger partial charge in [-0.15, -0.1) is 0 Å². The number of aryl methyl sites for hydroxylation is 1. The number of carbonyl (C=O) groups excluding carboxylic acids is 2. The third-order valence-corrected chi connectivity index (χ3v) is 5.42. The predicted octanol–water partition coefficient (Wildman–Crippen LogP) is 2.58. The number of nitrogens with zero attached hydrogens (tertiary/aromatic N) is 1. The number of nitrogens with one attached hydrogen (secondary N) is 2. The van der Waals surface area contributed by atoms with Gasteiger partial charge in [0.1, 0.15) is 6.10 Å². The lowest BCUT2D eigenvalue weighted by molar-refractivity contribution is -0.123. The highest BCUT2D eigenvalue weighted by molar-refractivity contribution is 6.46. The monoisotopic (exact) mass is 383 g/mol. The molecule has 6 nitrogen and oxygen atoms in total. The summed E-state index contributed by atoms with van der Waals surface area (Å²) in [6.45, 7) is 3.73. The summed E-state index contributed by atoms with van der Waals surface area (Å²) >= 11 is 12.7. The van der Waals surface area contributed by atoms with Gasteiger partial charge < -0.3 is 20.3 Å². The Balaban J connectivity index is 2.36. The van der Waals surface area contributed by atoms with Crippen LogP contribution in [0.25, 0.3) is 10.9 Å². The Hall–Kier alpha value is -1.76. The molecule has 0 saturated carbocycles. The van der Waals surface area contributed by atoms with Crippen molar-refractivity contribution < 1.29 is 14.7 Å². The summed E-state index contributed by atoms with van der Waals surface area (Å²) in [6, 6.07) is 1.56. The maximum absolute atomic E-state index is 12.3. The first kappa shape index (κ1) is 18.0. The zero-order chi connectivity index (χ0) is 18.5. The van der Waals surface area contributed by atoms with Crippen LogP contribution in [0.1, 0.15) is 31.0 Å². The molecule has 0 saturated heterocycles. The first-order chi connectivity index (χ1) is 11.7. The molecule has 1 aliphatic heterocycles. The number of benzene rings is 1. The standard InChI is InChI=1S/C17H19Cl2N3O3/c1-7-12-11(4-5-20-16(7)24)22(3)15-13(12)10(6-9(18)14(15)19)21-17(25)8(2)23/h6-8,23H,4-5H2,1-3H3,(H,20,24)(H,21,25)/t7-,8-/m1/s1. The largest absolute Gasteiger partial charge is 0.384 e. The van der Waals surface area contributed by atoms with Gasteiger partial charge in [0.2, 0.25) is 5.91 Å². The minimum atomic E-state index is -1.17. The summed E-state index contributed by atoms with van der Waals surface area (Å²) in [5.41, 5.74) is 2.90. The van der Waals surface area contributed by atoms with Gasteiger partial charge in [0.05, 0.1) is 27.2 Å². The van der Waals surface area contributed by atoms with Crippen LogP contribution in [0.4, 0.5) is 5.69 Å². The molecule has 1 aromatic heterocycles. The smallest absolute Gasteiger partial charge is 0.252 e. The number of halogens is 2. The van der Waals surface area contributed by atoms with Gasteiger partial charge in [-0.3, -0.25) is 9.59 Å². The summed E-state index contributed by atoms with van der Waals surface area (Å²) in [6.07, 6.45) is -0.526. The van der Waals surface area contributed by atoms with Crippen LogP contribution in [-0.2, 0) is 23.1 Å². The van der Waals surface area contributed by atoms with E-state index in [1.54, 1.807) is 6.07 Å². The third kappa shape index (κ3) is 2.88. The Labute approximate surface area is 155 Å². The quantitative estimate of drug-likeness (QED) is 0.744. The number of hydrogen-bond acceptors (Lipinski definition) is 3. The third-order valence-electron chi connectivity index (χ3n) is 4.64. The molecule has 3 rings (SSSR count). The molecule has 3 N–H and O–H groups in total. The van der Waals surface area contributed by atoms with Crippen LogP contribution in [0, 0.1) is 0 Å². The van der Waals surface area contributed by atoms with Crippen LogP contribution in [0.3, 0.4) is 0 Å². The van der Waals surface area contributed by atoms with E-state index in [4.69, 9.17) is 23.2 Å². The zero-order valence-corrected chi connectivity index (χ0v) is 15.6. The molecule has 2 atom stereocenters. The molecule has 1 aromatic carbocycles. The molecule has 8 heteroatoms. The van der Waals surface area contributed by atoms with Gasteiger partial charge in [0.15, 0.2) is 0 Å². The minimum Gasteiger partial charge on any atom is -0.384 e. The van der Waals surface area contributed by atoms with Crippen LogP contribution < -0.4 is 10.6 Å². The number of aromatic nitrogens is 1. The fourth-order valence-corrected chi connectivity index (χ4v) is 3.83. The summed E-state index contributed by atoms with van der Waals surface area (Å²) in [5.74, 6) is -1.03. The molecule has 25 heavy (non-hydrogen) atoms. The fourth-order valence-electron chi connectivity index (χ4n) is 3.35. The Bertz CT molecular complexity index is 889. The van der Waals surface area contributed by atoms with Crippen molar-refractivity contribution in [3.05, 3.63) is 27.4 Å². The predicted molar refractivity (Wildman–Crippen MR) is 98.4 cm³/mol. The van der Waals surface area contributed by atoms with Gasteiger partial charge in [-0.05, 0) is 25.5 Å². The first-order valence-electron chi connectivity index (χ1n) is 7.99. The molecule has 0 aliphatic carbocycles.